The third-order valence-electron chi connectivity index (χ3n) is 2.54. The molecule has 1 aromatic heterocycles. The number of aryl methyl sites for hydroxylation is 1. The first kappa shape index (κ1) is 12.4. The monoisotopic (exact) mass is 229 g/mol. The largest absolute Gasteiger partial charge is 0.313 e. The summed E-state index contributed by atoms with van der Waals surface area (Å²) in [5.74, 6) is 0. The lowest BCUT2D eigenvalue weighted by Gasteiger charge is -2.08. The topological polar surface area (TPSA) is 57.8 Å². The van der Waals surface area contributed by atoms with Crippen LogP contribution in [0.3, 0.4) is 0 Å². The average Bonchev–Trinajstić information content (AvgIpc) is 2.58. The molecule has 0 fully saturated rings. The van der Waals surface area contributed by atoms with Gasteiger partial charge in [0.15, 0.2) is 0 Å². The molecule has 4 nitrogen and oxygen atoms in total. The highest BCUT2D eigenvalue weighted by atomic mass is 32.2. The molecule has 2 unspecified atom stereocenters. The summed E-state index contributed by atoms with van der Waals surface area (Å²) in [7, 11) is -0.713. The Hall–Kier alpha value is -0.680. The van der Waals surface area contributed by atoms with Crippen LogP contribution in [-0.2, 0) is 17.3 Å². The maximum absolute atomic E-state index is 11.1. The molecule has 86 valence electrons. The van der Waals surface area contributed by atoms with E-state index in [4.69, 9.17) is 0 Å². The van der Waals surface area contributed by atoms with Gasteiger partial charge in [0.1, 0.15) is 0 Å². The third-order valence-corrected chi connectivity index (χ3v) is 3.91. The fourth-order valence-electron chi connectivity index (χ4n) is 1.25. The minimum Gasteiger partial charge on any atom is -0.313 e. The Bertz CT molecular complexity index is 324. The van der Waals surface area contributed by atoms with Crippen molar-refractivity contribution >= 4 is 10.8 Å². The average molecular weight is 229 g/mol. The second-order valence-electron chi connectivity index (χ2n) is 3.79. The van der Waals surface area contributed by atoms with Crippen molar-refractivity contribution in [3.05, 3.63) is 17.5 Å². The molecule has 0 saturated heterocycles. The Morgan fingerprint density at radius 3 is 2.93 bits per heavy atom. The van der Waals surface area contributed by atoms with Crippen molar-refractivity contribution in [2.75, 3.05) is 12.8 Å². The predicted octanol–water partition coefficient (Wildman–Crippen LogP) is 0.965. The maximum atomic E-state index is 11.1. The number of hydrogen-bond acceptors (Lipinski definition) is 3. The van der Waals surface area contributed by atoms with Crippen LogP contribution >= 0.6 is 0 Å². The van der Waals surface area contributed by atoms with Crippen LogP contribution in [0.4, 0.5) is 0 Å². The standard InChI is InChI=1S/C10H19N3OS/c1-8(15(3)14)4-5-11-6-10-7-12-13-9(10)2/h7-8,11H,4-6H2,1-3H3,(H,12,13). The number of hydrogen-bond donors (Lipinski definition) is 2. The van der Waals surface area contributed by atoms with Crippen molar-refractivity contribution in [1.82, 2.24) is 15.5 Å². The highest BCUT2D eigenvalue weighted by Gasteiger charge is 2.05. The maximum Gasteiger partial charge on any atom is 0.0535 e. The van der Waals surface area contributed by atoms with Crippen LogP contribution in [-0.4, -0.2) is 32.5 Å². The van der Waals surface area contributed by atoms with Crippen LogP contribution in [0.5, 0.6) is 0 Å². The van der Waals surface area contributed by atoms with Crippen molar-refractivity contribution in [3.8, 4) is 0 Å². The lowest BCUT2D eigenvalue weighted by Crippen LogP contribution is -2.21. The molecule has 0 aliphatic heterocycles. The zero-order chi connectivity index (χ0) is 11.3. The Labute approximate surface area is 93.3 Å². The lowest BCUT2D eigenvalue weighted by molar-refractivity contribution is 0.628. The van der Waals surface area contributed by atoms with Crippen LogP contribution in [0, 0.1) is 6.92 Å². The summed E-state index contributed by atoms with van der Waals surface area (Å²) in [6.07, 6.45) is 4.54. The summed E-state index contributed by atoms with van der Waals surface area (Å²) in [5.41, 5.74) is 2.30. The molecule has 2 N–H and O–H groups in total. The van der Waals surface area contributed by atoms with Crippen LogP contribution in [0.2, 0.25) is 0 Å². The third kappa shape index (κ3) is 4.13. The second-order valence-corrected chi connectivity index (χ2v) is 5.60. The first-order valence-electron chi connectivity index (χ1n) is 5.13. The van der Waals surface area contributed by atoms with Gasteiger partial charge in [-0.05, 0) is 19.9 Å². The van der Waals surface area contributed by atoms with Gasteiger partial charge >= 0.3 is 0 Å². The van der Waals surface area contributed by atoms with Gasteiger partial charge in [0.05, 0.1) is 6.20 Å². The minimum atomic E-state index is -0.713. The van der Waals surface area contributed by atoms with Crippen LogP contribution in [0.15, 0.2) is 6.20 Å². The van der Waals surface area contributed by atoms with E-state index in [0.29, 0.717) is 0 Å². The van der Waals surface area contributed by atoms with Crippen molar-refractivity contribution in [1.29, 1.82) is 0 Å². The summed E-state index contributed by atoms with van der Waals surface area (Å²) in [4.78, 5) is 0. The van der Waals surface area contributed by atoms with Gasteiger partial charge in [0.25, 0.3) is 0 Å². The Morgan fingerprint density at radius 1 is 1.67 bits per heavy atom. The van der Waals surface area contributed by atoms with Gasteiger partial charge in [-0.15, -0.1) is 0 Å². The SMILES string of the molecule is Cc1[nH]ncc1CNCCC(C)S(C)=O. The number of rotatable bonds is 6. The van der Waals surface area contributed by atoms with Gasteiger partial charge < -0.3 is 5.32 Å². The number of aromatic amines is 1. The molecule has 0 bridgehead atoms. The zero-order valence-corrected chi connectivity index (χ0v) is 10.4. The van der Waals surface area contributed by atoms with Crippen molar-refractivity contribution in [2.24, 2.45) is 0 Å². The van der Waals surface area contributed by atoms with Crippen LogP contribution < -0.4 is 5.32 Å². The predicted molar refractivity (Wildman–Crippen MR) is 63.2 cm³/mol. The van der Waals surface area contributed by atoms with Gasteiger partial charge in [0.2, 0.25) is 0 Å². The molecular formula is C10H19N3OS. The molecule has 0 amide bonds. The Morgan fingerprint density at radius 2 is 2.40 bits per heavy atom. The molecule has 0 aliphatic rings. The fraction of sp³-hybridized carbons (Fsp3) is 0.700. The highest BCUT2D eigenvalue weighted by molar-refractivity contribution is 7.84. The van der Waals surface area contributed by atoms with E-state index in [1.807, 2.05) is 20.0 Å². The number of H-pyrrole nitrogens is 1. The summed E-state index contributed by atoms with van der Waals surface area (Å²) in [6.45, 7) is 5.74. The van der Waals surface area contributed by atoms with Crippen molar-refractivity contribution in [2.45, 2.75) is 32.1 Å². The van der Waals surface area contributed by atoms with Gasteiger partial charge in [0, 0.05) is 40.1 Å². The van der Waals surface area contributed by atoms with E-state index in [-0.39, 0.29) is 5.25 Å². The molecule has 0 radical (unpaired) electrons. The lowest BCUT2D eigenvalue weighted by atomic mass is 10.2. The highest BCUT2D eigenvalue weighted by Crippen LogP contribution is 2.02. The quantitative estimate of drug-likeness (QED) is 0.715. The van der Waals surface area contributed by atoms with E-state index in [0.717, 1.165) is 25.2 Å². The van der Waals surface area contributed by atoms with Gasteiger partial charge in [-0.2, -0.15) is 5.10 Å². The number of nitrogens with zero attached hydrogens (tertiary/aromatic N) is 1. The zero-order valence-electron chi connectivity index (χ0n) is 9.54. The fourth-order valence-corrected chi connectivity index (χ4v) is 1.70. The molecule has 1 rings (SSSR count). The minimum absolute atomic E-state index is 0.267. The Balaban J connectivity index is 2.17. The summed E-state index contributed by atoms with van der Waals surface area (Å²) in [5, 5.41) is 10.4. The van der Waals surface area contributed by atoms with Crippen LogP contribution in [0.25, 0.3) is 0 Å². The molecule has 2 atom stereocenters. The molecular weight excluding hydrogens is 210 g/mol. The van der Waals surface area contributed by atoms with E-state index >= 15 is 0 Å². The molecule has 0 spiro atoms. The molecule has 15 heavy (non-hydrogen) atoms. The van der Waals surface area contributed by atoms with Gasteiger partial charge in [-0.3, -0.25) is 9.31 Å². The molecule has 1 aromatic rings. The van der Waals surface area contributed by atoms with E-state index in [1.165, 1.54) is 5.56 Å². The normalized spacial score (nSPS) is 15.1. The first-order chi connectivity index (χ1) is 7.11. The van der Waals surface area contributed by atoms with Crippen molar-refractivity contribution in [3.63, 3.8) is 0 Å². The van der Waals surface area contributed by atoms with Crippen LogP contribution in [0.1, 0.15) is 24.6 Å². The van der Waals surface area contributed by atoms with E-state index in [9.17, 15) is 4.21 Å². The molecule has 0 saturated carbocycles. The summed E-state index contributed by atoms with van der Waals surface area (Å²) < 4.78 is 11.1. The summed E-state index contributed by atoms with van der Waals surface area (Å²) >= 11 is 0. The van der Waals surface area contributed by atoms with E-state index in [2.05, 4.69) is 15.5 Å². The van der Waals surface area contributed by atoms with E-state index in [1.54, 1.807) is 6.26 Å². The van der Waals surface area contributed by atoms with E-state index < -0.39 is 10.8 Å². The molecule has 0 aliphatic carbocycles. The van der Waals surface area contributed by atoms with Gasteiger partial charge in [-0.25, -0.2) is 0 Å². The number of aromatic nitrogens is 2. The smallest absolute Gasteiger partial charge is 0.0535 e. The first-order valence-corrected chi connectivity index (χ1v) is 6.75. The number of nitrogens with one attached hydrogen (secondary N) is 2. The molecule has 1 heterocycles. The molecule has 0 aromatic carbocycles. The Kier molecular flexibility index (Phi) is 4.98. The van der Waals surface area contributed by atoms with Crippen molar-refractivity contribution < 1.29 is 4.21 Å². The molecule has 5 heteroatoms. The summed E-state index contributed by atoms with van der Waals surface area (Å²) in [6, 6.07) is 0. The second kappa shape index (κ2) is 6.02. The van der Waals surface area contributed by atoms with Gasteiger partial charge in [-0.1, -0.05) is 6.92 Å².